The molecule has 2 N–H and O–H groups in total. The molecule has 0 unspecified atom stereocenters. The number of hydrogen-bond donors (Lipinski definition) is 2. The molecule has 0 radical (unpaired) electrons. The van der Waals surface area contributed by atoms with E-state index in [1.807, 2.05) is 72.8 Å². The molecule has 4 aromatic carbocycles. The van der Waals surface area contributed by atoms with Crippen molar-refractivity contribution in [3.63, 3.8) is 0 Å². The zero-order valence-electron chi connectivity index (χ0n) is 21.0. The Morgan fingerprint density at radius 2 is 1.34 bits per heavy atom. The number of nitrogens with one attached hydrogen (secondary N) is 2. The summed E-state index contributed by atoms with van der Waals surface area (Å²) in [6.45, 7) is 1.31. The number of ether oxygens (including phenoxy) is 3. The third kappa shape index (κ3) is 8.64. The number of rotatable bonds is 12. The molecule has 0 aliphatic heterocycles. The summed E-state index contributed by atoms with van der Waals surface area (Å²) in [4.78, 5) is 12.8. The molecule has 0 aliphatic rings. The van der Waals surface area contributed by atoms with Gasteiger partial charge in [0.05, 0.1) is 12.3 Å². The highest BCUT2D eigenvalue weighted by molar-refractivity contribution is 7.80. The van der Waals surface area contributed by atoms with Gasteiger partial charge in [0.2, 0.25) is 0 Å². The van der Waals surface area contributed by atoms with Crippen LogP contribution in [-0.2, 0) is 6.42 Å². The predicted octanol–water partition coefficient (Wildman–Crippen LogP) is 6.28. The Morgan fingerprint density at radius 3 is 2.13 bits per heavy atom. The van der Waals surface area contributed by atoms with Crippen LogP contribution in [0.15, 0.2) is 109 Å². The summed E-state index contributed by atoms with van der Waals surface area (Å²) in [5, 5.41) is 5.97. The van der Waals surface area contributed by atoms with Crippen LogP contribution in [-0.4, -0.2) is 30.8 Å². The summed E-state index contributed by atoms with van der Waals surface area (Å²) in [7, 11) is 0. The minimum absolute atomic E-state index is 0.179. The van der Waals surface area contributed by atoms with Gasteiger partial charge in [0.25, 0.3) is 5.91 Å². The Hall–Kier alpha value is -4.36. The van der Waals surface area contributed by atoms with Gasteiger partial charge in [-0.2, -0.15) is 0 Å². The highest BCUT2D eigenvalue weighted by Crippen LogP contribution is 2.24. The molecule has 7 heteroatoms. The first-order valence-corrected chi connectivity index (χ1v) is 12.9. The van der Waals surface area contributed by atoms with E-state index in [1.165, 1.54) is 5.56 Å². The van der Waals surface area contributed by atoms with Crippen molar-refractivity contribution in [2.24, 2.45) is 0 Å². The van der Waals surface area contributed by atoms with E-state index in [0.717, 1.165) is 18.6 Å². The van der Waals surface area contributed by atoms with Crippen molar-refractivity contribution < 1.29 is 19.0 Å². The average molecular weight is 527 g/mol. The smallest absolute Gasteiger partial charge is 0.257 e. The maximum atomic E-state index is 12.8. The van der Waals surface area contributed by atoms with Gasteiger partial charge in [-0.1, -0.05) is 66.7 Å². The number of para-hydroxylation sites is 3. The first-order valence-electron chi connectivity index (χ1n) is 12.5. The largest absolute Gasteiger partial charge is 0.491 e. The van der Waals surface area contributed by atoms with Crippen molar-refractivity contribution >= 4 is 28.9 Å². The summed E-state index contributed by atoms with van der Waals surface area (Å²) in [6, 6.07) is 34.3. The van der Waals surface area contributed by atoms with Gasteiger partial charge in [-0.05, 0) is 73.1 Å². The van der Waals surface area contributed by atoms with Crippen LogP contribution in [0, 0.1) is 0 Å². The number of aryl methyl sites for hydroxylation is 1. The van der Waals surface area contributed by atoms with Gasteiger partial charge in [-0.3, -0.25) is 10.1 Å². The number of hydrogen-bond acceptors (Lipinski definition) is 5. The summed E-state index contributed by atoms with van der Waals surface area (Å²) in [6.07, 6.45) is 1.82. The molecule has 0 saturated carbocycles. The van der Waals surface area contributed by atoms with E-state index in [1.54, 1.807) is 24.3 Å². The van der Waals surface area contributed by atoms with E-state index in [9.17, 15) is 4.79 Å². The van der Waals surface area contributed by atoms with E-state index < -0.39 is 0 Å². The molecule has 194 valence electrons. The SMILES string of the molecule is O=C(NC(=S)Nc1ccccc1OCCCc1ccccc1)c1cccc(OCCOc2ccccc2)c1. The summed E-state index contributed by atoms with van der Waals surface area (Å²) in [5.41, 5.74) is 2.40. The van der Waals surface area contributed by atoms with E-state index >= 15 is 0 Å². The van der Waals surface area contributed by atoms with Crippen molar-refractivity contribution in [1.29, 1.82) is 0 Å². The number of anilines is 1. The van der Waals surface area contributed by atoms with Gasteiger partial charge in [-0.25, -0.2) is 0 Å². The Labute approximate surface area is 228 Å². The molecule has 0 fully saturated rings. The van der Waals surface area contributed by atoms with Gasteiger partial charge in [0.1, 0.15) is 30.5 Å². The Morgan fingerprint density at radius 1 is 0.684 bits per heavy atom. The number of carbonyl (C=O) groups excluding carboxylic acids is 1. The van der Waals surface area contributed by atoms with Crippen molar-refractivity contribution in [3.05, 3.63) is 120 Å². The second-order valence-corrected chi connectivity index (χ2v) is 8.79. The monoisotopic (exact) mass is 526 g/mol. The summed E-state index contributed by atoms with van der Waals surface area (Å²) >= 11 is 5.39. The zero-order chi connectivity index (χ0) is 26.4. The van der Waals surface area contributed by atoms with Crippen molar-refractivity contribution in [1.82, 2.24) is 5.32 Å². The molecule has 4 aromatic rings. The van der Waals surface area contributed by atoms with Crippen LogP contribution in [0.4, 0.5) is 5.69 Å². The Bertz CT molecular complexity index is 1320. The standard InChI is InChI=1S/C31H30N2O4S/c34-30(25-14-9-17-27(23-25)36-22-21-35-26-15-5-2-6-16-26)33-31(38)32-28-18-7-8-19-29(28)37-20-10-13-24-11-3-1-4-12-24/h1-9,11-12,14-19,23H,10,13,20-22H2,(H2,32,33,34,38). The van der Waals surface area contributed by atoms with Crippen LogP contribution in [0.5, 0.6) is 17.2 Å². The van der Waals surface area contributed by atoms with Crippen molar-refractivity contribution in [3.8, 4) is 17.2 Å². The first-order chi connectivity index (χ1) is 18.7. The van der Waals surface area contributed by atoms with Gasteiger partial charge < -0.3 is 19.5 Å². The molecule has 0 bridgehead atoms. The molecule has 6 nitrogen and oxygen atoms in total. The molecule has 0 saturated heterocycles. The molecular formula is C31H30N2O4S. The van der Waals surface area contributed by atoms with E-state index in [-0.39, 0.29) is 11.0 Å². The molecule has 0 aromatic heterocycles. The molecule has 38 heavy (non-hydrogen) atoms. The summed E-state index contributed by atoms with van der Waals surface area (Å²) in [5.74, 6) is 1.69. The Balaban J connectivity index is 1.23. The Kier molecular flexibility index (Phi) is 10.1. The van der Waals surface area contributed by atoms with Crippen LogP contribution < -0.4 is 24.8 Å². The van der Waals surface area contributed by atoms with Gasteiger partial charge in [0.15, 0.2) is 5.11 Å². The van der Waals surface area contributed by atoms with Gasteiger partial charge in [0, 0.05) is 5.56 Å². The van der Waals surface area contributed by atoms with Crippen LogP contribution in [0.1, 0.15) is 22.3 Å². The highest BCUT2D eigenvalue weighted by atomic mass is 32.1. The lowest BCUT2D eigenvalue weighted by Gasteiger charge is -2.14. The molecule has 0 heterocycles. The van der Waals surface area contributed by atoms with Crippen LogP contribution >= 0.6 is 12.2 Å². The number of thiocarbonyl (C=S) groups is 1. The molecule has 0 atom stereocenters. The number of benzene rings is 4. The third-order valence-corrected chi connectivity index (χ3v) is 5.74. The van der Waals surface area contributed by atoms with Crippen molar-refractivity contribution in [2.45, 2.75) is 12.8 Å². The lowest BCUT2D eigenvalue weighted by Crippen LogP contribution is -2.34. The quantitative estimate of drug-likeness (QED) is 0.167. The maximum absolute atomic E-state index is 12.8. The first kappa shape index (κ1) is 26.7. The fourth-order valence-electron chi connectivity index (χ4n) is 3.69. The lowest BCUT2D eigenvalue weighted by molar-refractivity contribution is 0.0977. The number of carbonyl (C=O) groups is 1. The fourth-order valence-corrected chi connectivity index (χ4v) is 3.89. The average Bonchev–Trinajstić information content (AvgIpc) is 2.95. The minimum Gasteiger partial charge on any atom is -0.491 e. The van der Waals surface area contributed by atoms with E-state index in [4.69, 9.17) is 26.4 Å². The van der Waals surface area contributed by atoms with Crippen LogP contribution in [0.25, 0.3) is 0 Å². The third-order valence-electron chi connectivity index (χ3n) is 5.53. The highest BCUT2D eigenvalue weighted by Gasteiger charge is 2.11. The maximum Gasteiger partial charge on any atom is 0.257 e. The summed E-state index contributed by atoms with van der Waals surface area (Å²) < 4.78 is 17.4. The van der Waals surface area contributed by atoms with Gasteiger partial charge in [-0.15, -0.1) is 0 Å². The molecule has 0 aliphatic carbocycles. The normalized spacial score (nSPS) is 10.3. The topological polar surface area (TPSA) is 68.8 Å². The number of amides is 1. The molecule has 4 rings (SSSR count). The predicted molar refractivity (Wildman–Crippen MR) is 154 cm³/mol. The lowest BCUT2D eigenvalue weighted by atomic mass is 10.1. The van der Waals surface area contributed by atoms with Crippen LogP contribution in [0.3, 0.4) is 0 Å². The molecular weight excluding hydrogens is 496 g/mol. The zero-order valence-corrected chi connectivity index (χ0v) is 21.8. The molecule has 0 spiro atoms. The second-order valence-electron chi connectivity index (χ2n) is 8.38. The van der Waals surface area contributed by atoms with Crippen LogP contribution in [0.2, 0.25) is 0 Å². The van der Waals surface area contributed by atoms with Gasteiger partial charge >= 0.3 is 0 Å². The molecule has 1 amide bonds. The fraction of sp³-hybridized carbons (Fsp3) is 0.161. The van der Waals surface area contributed by atoms with Crippen molar-refractivity contribution in [2.75, 3.05) is 25.1 Å². The van der Waals surface area contributed by atoms with E-state index in [0.29, 0.717) is 42.6 Å². The minimum atomic E-state index is -0.338. The second kappa shape index (κ2) is 14.4. The van der Waals surface area contributed by atoms with E-state index in [2.05, 4.69) is 22.8 Å².